The van der Waals surface area contributed by atoms with Crippen molar-refractivity contribution >= 4 is 40.7 Å². The van der Waals surface area contributed by atoms with Crippen LogP contribution in [0.3, 0.4) is 0 Å². The number of amides is 1. The van der Waals surface area contributed by atoms with Gasteiger partial charge < -0.3 is 24.8 Å². The van der Waals surface area contributed by atoms with Gasteiger partial charge in [0.15, 0.2) is 11.5 Å². The third-order valence-corrected chi connectivity index (χ3v) is 6.80. The number of nitrogens with zero attached hydrogens (tertiary/aromatic N) is 4. The molecule has 1 aliphatic rings. The van der Waals surface area contributed by atoms with E-state index in [1.165, 1.54) is 0 Å². The summed E-state index contributed by atoms with van der Waals surface area (Å²) < 4.78 is 18.6. The fraction of sp³-hybridized carbons (Fsp3) is 0.185. The van der Waals surface area contributed by atoms with Crippen LogP contribution in [-0.2, 0) is 11.4 Å². The normalized spacial score (nSPS) is 14.3. The van der Waals surface area contributed by atoms with Crippen LogP contribution in [0, 0.1) is 0 Å². The summed E-state index contributed by atoms with van der Waals surface area (Å²) in [5.74, 6) is 1.57. The summed E-state index contributed by atoms with van der Waals surface area (Å²) in [4.78, 5) is 13.7. The topological polar surface area (TPSA) is 112 Å². The number of rotatable bonds is 8. The molecule has 0 bridgehead atoms. The standard InChI is InChI=1S/C27H24Cl2N6O4/c1-15-24(26(36)31-20-6-4-5-7-21(20)37-2)25(35-27(30-15)32-33-34-35)16-9-11-22(23(12-16)38-3)39-14-17-8-10-18(28)13-19(17)29/h4-13,25H,14H2,1-3H3,(H,31,36)(H,30,32,34). The highest BCUT2D eigenvalue weighted by Crippen LogP contribution is 2.39. The summed E-state index contributed by atoms with van der Waals surface area (Å²) >= 11 is 12.3. The first kappa shape index (κ1) is 26.3. The molecule has 0 fully saturated rings. The minimum Gasteiger partial charge on any atom is -0.495 e. The molecule has 0 spiro atoms. The van der Waals surface area contributed by atoms with Crippen LogP contribution in [0.4, 0.5) is 11.6 Å². The van der Waals surface area contributed by atoms with Crippen molar-refractivity contribution in [1.82, 2.24) is 20.2 Å². The molecule has 1 amide bonds. The number of tetrazole rings is 1. The van der Waals surface area contributed by atoms with Crippen LogP contribution in [0.15, 0.2) is 71.9 Å². The van der Waals surface area contributed by atoms with Gasteiger partial charge in [0, 0.05) is 21.3 Å². The lowest BCUT2D eigenvalue weighted by Gasteiger charge is -2.28. The van der Waals surface area contributed by atoms with E-state index in [0.717, 1.165) is 5.56 Å². The molecule has 1 unspecified atom stereocenters. The van der Waals surface area contributed by atoms with Crippen molar-refractivity contribution < 1.29 is 19.0 Å². The number of para-hydroxylation sites is 2. The fourth-order valence-electron chi connectivity index (χ4n) is 4.32. The maximum atomic E-state index is 13.7. The van der Waals surface area contributed by atoms with Gasteiger partial charge in [0.25, 0.3) is 5.91 Å². The van der Waals surface area contributed by atoms with Gasteiger partial charge in [-0.3, -0.25) is 4.79 Å². The second-order valence-electron chi connectivity index (χ2n) is 8.60. The lowest BCUT2D eigenvalue weighted by atomic mass is 9.94. The van der Waals surface area contributed by atoms with E-state index < -0.39 is 6.04 Å². The summed E-state index contributed by atoms with van der Waals surface area (Å²) in [5, 5.41) is 19.1. The van der Waals surface area contributed by atoms with Crippen molar-refractivity contribution in [2.45, 2.75) is 19.6 Å². The summed E-state index contributed by atoms with van der Waals surface area (Å²) in [7, 11) is 3.09. The smallest absolute Gasteiger partial charge is 0.255 e. The molecule has 0 radical (unpaired) electrons. The highest BCUT2D eigenvalue weighted by molar-refractivity contribution is 6.35. The maximum absolute atomic E-state index is 13.7. The highest BCUT2D eigenvalue weighted by Gasteiger charge is 2.35. The molecule has 4 aromatic rings. The monoisotopic (exact) mass is 566 g/mol. The number of fused-ring (bicyclic) bond motifs is 1. The van der Waals surface area contributed by atoms with Crippen LogP contribution in [0.1, 0.15) is 24.1 Å². The summed E-state index contributed by atoms with van der Waals surface area (Å²) in [6, 6.07) is 17.2. The number of anilines is 2. The van der Waals surface area contributed by atoms with Crippen molar-refractivity contribution in [3.63, 3.8) is 0 Å². The Hall–Kier alpha value is -4.28. The number of benzene rings is 3. The van der Waals surface area contributed by atoms with Gasteiger partial charge in [-0.1, -0.05) is 52.6 Å². The molecule has 5 rings (SSSR count). The van der Waals surface area contributed by atoms with Gasteiger partial charge in [0.05, 0.1) is 25.5 Å². The lowest BCUT2D eigenvalue weighted by molar-refractivity contribution is -0.113. The molecule has 12 heteroatoms. The number of carbonyl (C=O) groups excluding carboxylic acids is 1. The van der Waals surface area contributed by atoms with Crippen molar-refractivity contribution in [3.8, 4) is 17.2 Å². The Morgan fingerprint density at radius 3 is 2.59 bits per heavy atom. The Labute approximate surface area is 234 Å². The van der Waals surface area contributed by atoms with Crippen LogP contribution in [0.2, 0.25) is 10.0 Å². The molecular weight excluding hydrogens is 543 g/mol. The molecule has 1 aliphatic heterocycles. The largest absolute Gasteiger partial charge is 0.495 e. The zero-order valence-corrected chi connectivity index (χ0v) is 22.7. The third kappa shape index (κ3) is 5.34. The van der Waals surface area contributed by atoms with Crippen molar-refractivity contribution in [1.29, 1.82) is 0 Å². The predicted molar refractivity (Wildman–Crippen MR) is 148 cm³/mol. The van der Waals surface area contributed by atoms with Gasteiger partial charge in [-0.15, -0.1) is 0 Å². The van der Waals surface area contributed by atoms with Crippen LogP contribution in [0.5, 0.6) is 17.2 Å². The first-order valence-electron chi connectivity index (χ1n) is 11.8. The number of halogens is 2. The average molecular weight is 567 g/mol. The zero-order valence-electron chi connectivity index (χ0n) is 21.2. The number of aromatic nitrogens is 4. The minimum absolute atomic E-state index is 0.210. The fourth-order valence-corrected chi connectivity index (χ4v) is 4.78. The van der Waals surface area contributed by atoms with Crippen LogP contribution >= 0.6 is 23.2 Å². The maximum Gasteiger partial charge on any atom is 0.255 e. The van der Waals surface area contributed by atoms with Crippen molar-refractivity contribution in [2.24, 2.45) is 0 Å². The van der Waals surface area contributed by atoms with E-state index in [9.17, 15) is 4.79 Å². The third-order valence-electron chi connectivity index (χ3n) is 6.22. The number of ether oxygens (including phenoxy) is 3. The Kier molecular flexibility index (Phi) is 7.58. The molecule has 1 aromatic heterocycles. The van der Waals surface area contributed by atoms with E-state index in [-0.39, 0.29) is 12.5 Å². The van der Waals surface area contributed by atoms with Crippen LogP contribution < -0.4 is 24.8 Å². The summed E-state index contributed by atoms with van der Waals surface area (Å²) in [6.07, 6.45) is 0. The quantitative estimate of drug-likeness (QED) is 0.287. The number of nitrogens with one attached hydrogen (secondary N) is 2. The molecule has 2 N–H and O–H groups in total. The molecular formula is C27H24Cl2N6O4. The van der Waals surface area contributed by atoms with E-state index in [4.69, 9.17) is 37.4 Å². The van der Waals surface area contributed by atoms with Gasteiger partial charge in [-0.05, 0) is 59.3 Å². The number of hydrogen-bond acceptors (Lipinski definition) is 8. The van der Waals surface area contributed by atoms with E-state index in [0.29, 0.717) is 55.8 Å². The molecule has 10 nitrogen and oxygen atoms in total. The Morgan fingerprint density at radius 1 is 1.03 bits per heavy atom. The zero-order chi connectivity index (χ0) is 27.5. The molecule has 200 valence electrons. The Bertz CT molecular complexity index is 1570. The highest BCUT2D eigenvalue weighted by atomic mass is 35.5. The molecule has 2 heterocycles. The summed E-state index contributed by atoms with van der Waals surface area (Å²) in [5.41, 5.74) is 3.05. The molecule has 0 saturated heterocycles. The Morgan fingerprint density at radius 2 is 1.82 bits per heavy atom. The average Bonchev–Trinajstić information content (AvgIpc) is 3.40. The van der Waals surface area contributed by atoms with Crippen molar-refractivity contribution in [3.05, 3.63) is 93.1 Å². The SMILES string of the molecule is COc1ccccc1NC(=O)C1=C(C)Nc2nnnn2C1c1ccc(OCc2ccc(Cl)cc2Cl)c(OC)c1. The van der Waals surface area contributed by atoms with Gasteiger partial charge in [-0.2, -0.15) is 4.68 Å². The summed E-state index contributed by atoms with van der Waals surface area (Å²) in [6.45, 7) is 2.01. The predicted octanol–water partition coefficient (Wildman–Crippen LogP) is 5.50. The van der Waals surface area contributed by atoms with Crippen LogP contribution in [0.25, 0.3) is 0 Å². The first-order chi connectivity index (χ1) is 18.9. The van der Waals surface area contributed by atoms with E-state index in [1.807, 2.05) is 18.2 Å². The number of allylic oxidation sites excluding steroid dienone is 1. The molecule has 0 aliphatic carbocycles. The van der Waals surface area contributed by atoms with E-state index in [1.54, 1.807) is 68.3 Å². The number of methoxy groups -OCH3 is 2. The van der Waals surface area contributed by atoms with Gasteiger partial charge in [0.2, 0.25) is 5.95 Å². The second-order valence-corrected chi connectivity index (χ2v) is 9.45. The minimum atomic E-state index is -0.653. The first-order valence-corrected chi connectivity index (χ1v) is 12.6. The van der Waals surface area contributed by atoms with Gasteiger partial charge in [-0.25, -0.2) is 0 Å². The van der Waals surface area contributed by atoms with E-state index in [2.05, 4.69) is 26.2 Å². The number of hydrogen-bond donors (Lipinski definition) is 2. The van der Waals surface area contributed by atoms with Gasteiger partial charge >= 0.3 is 0 Å². The van der Waals surface area contributed by atoms with Crippen molar-refractivity contribution in [2.75, 3.05) is 24.9 Å². The lowest BCUT2D eigenvalue weighted by Crippen LogP contribution is -2.31. The molecule has 0 saturated carbocycles. The second kappa shape index (κ2) is 11.2. The molecule has 3 aromatic carbocycles. The Balaban J connectivity index is 1.48. The van der Waals surface area contributed by atoms with E-state index >= 15 is 0 Å². The molecule has 39 heavy (non-hydrogen) atoms. The number of carbonyl (C=O) groups is 1. The van der Waals surface area contributed by atoms with Gasteiger partial charge in [0.1, 0.15) is 18.4 Å². The molecule has 1 atom stereocenters. The van der Waals surface area contributed by atoms with Crippen LogP contribution in [-0.4, -0.2) is 40.3 Å².